The van der Waals surface area contributed by atoms with Gasteiger partial charge in [0.2, 0.25) is 5.91 Å². The molecule has 0 fully saturated rings. The van der Waals surface area contributed by atoms with Gasteiger partial charge in [-0.1, -0.05) is 17.7 Å². The fraction of sp³-hybridized carbons (Fsp3) is 0.462. The van der Waals surface area contributed by atoms with Crippen LogP contribution in [0.2, 0.25) is 5.02 Å². The summed E-state index contributed by atoms with van der Waals surface area (Å²) in [5, 5.41) is 12.6. The quantitative estimate of drug-likeness (QED) is 0.860. The summed E-state index contributed by atoms with van der Waals surface area (Å²) in [7, 11) is 3.50. The summed E-state index contributed by atoms with van der Waals surface area (Å²) in [6.07, 6.45) is -0.116. The number of halogens is 1. The first-order chi connectivity index (χ1) is 8.45. The van der Waals surface area contributed by atoms with Crippen LogP contribution in [0.15, 0.2) is 18.2 Å². The molecular weight excluding hydrogens is 252 g/mol. The summed E-state index contributed by atoms with van der Waals surface area (Å²) in [6, 6.07) is 5.44. The SMILES string of the molecule is CNC(=O)CCN(C)c1ccc(C(C)O)cc1Cl. The first-order valence-electron chi connectivity index (χ1n) is 5.85. The molecule has 0 aliphatic carbocycles. The summed E-state index contributed by atoms with van der Waals surface area (Å²) < 4.78 is 0. The van der Waals surface area contributed by atoms with Gasteiger partial charge in [-0.3, -0.25) is 4.79 Å². The Balaban J connectivity index is 2.74. The lowest BCUT2D eigenvalue weighted by molar-refractivity contribution is -0.120. The van der Waals surface area contributed by atoms with Crippen molar-refractivity contribution >= 4 is 23.2 Å². The largest absolute Gasteiger partial charge is 0.389 e. The van der Waals surface area contributed by atoms with Gasteiger partial charge >= 0.3 is 0 Å². The Morgan fingerprint density at radius 3 is 2.72 bits per heavy atom. The van der Waals surface area contributed by atoms with Gasteiger partial charge in [-0.15, -0.1) is 0 Å². The van der Waals surface area contributed by atoms with Gasteiger partial charge in [0, 0.05) is 27.1 Å². The van der Waals surface area contributed by atoms with E-state index in [1.165, 1.54) is 0 Å². The molecule has 0 aromatic heterocycles. The zero-order chi connectivity index (χ0) is 13.7. The second kappa shape index (κ2) is 6.61. The van der Waals surface area contributed by atoms with E-state index in [2.05, 4.69) is 5.32 Å². The molecule has 0 aliphatic rings. The van der Waals surface area contributed by atoms with Gasteiger partial charge in [0.1, 0.15) is 0 Å². The molecule has 0 saturated heterocycles. The molecule has 1 amide bonds. The van der Waals surface area contributed by atoms with Gasteiger partial charge in [-0.2, -0.15) is 0 Å². The number of hydrogen-bond acceptors (Lipinski definition) is 3. The third-order valence-corrected chi connectivity index (χ3v) is 3.12. The number of carbonyl (C=O) groups excluding carboxylic acids is 1. The monoisotopic (exact) mass is 270 g/mol. The van der Waals surface area contributed by atoms with E-state index >= 15 is 0 Å². The number of nitrogens with one attached hydrogen (secondary N) is 1. The first-order valence-corrected chi connectivity index (χ1v) is 6.22. The van der Waals surface area contributed by atoms with Crippen molar-refractivity contribution in [2.75, 3.05) is 25.5 Å². The zero-order valence-corrected chi connectivity index (χ0v) is 11.7. The van der Waals surface area contributed by atoms with Crippen LogP contribution in [0.4, 0.5) is 5.69 Å². The van der Waals surface area contributed by atoms with Crippen molar-refractivity contribution in [1.82, 2.24) is 5.32 Å². The molecule has 0 spiro atoms. The summed E-state index contributed by atoms with van der Waals surface area (Å²) in [4.78, 5) is 13.1. The van der Waals surface area contributed by atoms with Crippen LogP contribution >= 0.6 is 11.6 Å². The molecule has 100 valence electrons. The molecule has 2 N–H and O–H groups in total. The number of nitrogens with zero attached hydrogens (tertiary/aromatic N) is 1. The van der Waals surface area contributed by atoms with Crippen molar-refractivity contribution in [3.8, 4) is 0 Å². The van der Waals surface area contributed by atoms with Crippen LogP contribution < -0.4 is 10.2 Å². The molecule has 1 atom stereocenters. The Hall–Kier alpha value is -1.26. The predicted molar refractivity (Wildman–Crippen MR) is 74.0 cm³/mol. The Kier molecular flexibility index (Phi) is 5.44. The molecule has 18 heavy (non-hydrogen) atoms. The summed E-state index contributed by atoms with van der Waals surface area (Å²) in [5.41, 5.74) is 1.63. The number of rotatable bonds is 5. The van der Waals surface area contributed by atoms with E-state index in [0.717, 1.165) is 11.3 Å². The third kappa shape index (κ3) is 3.89. The zero-order valence-electron chi connectivity index (χ0n) is 10.9. The van der Waals surface area contributed by atoms with E-state index < -0.39 is 6.10 Å². The average molecular weight is 271 g/mol. The van der Waals surface area contributed by atoms with E-state index in [4.69, 9.17) is 11.6 Å². The van der Waals surface area contributed by atoms with Gasteiger partial charge in [0.05, 0.1) is 16.8 Å². The van der Waals surface area contributed by atoms with Crippen LogP contribution in [-0.4, -0.2) is 31.7 Å². The van der Waals surface area contributed by atoms with Gasteiger partial charge in [0.25, 0.3) is 0 Å². The van der Waals surface area contributed by atoms with Crippen molar-refractivity contribution in [3.63, 3.8) is 0 Å². The van der Waals surface area contributed by atoms with E-state index in [0.29, 0.717) is 18.0 Å². The molecule has 4 nitrogen and oxygen atoms in total. The second-order valence-corrected chi connectivity index (χ2v) is 4.64. The molecule has 0 saturated carbocycles. The number of amides is 1. The van der Waals surface area contributed by atoms with Gasteiger partial charge in [-0.05, 0) is 24.6 Å². The lowest BCUT2D eigenvalue weighted by atomic mass is 10.1. The number of hydrogen-bond donors (Lipinski definition) is 2. The van der Waals surface area contributed by atoms with Gasteiger partial charge in [0.15, 0.2) is 0 Å². The number of anilines is 1. The van der Waals surface area contributed by atoms with Crippen molar-refractivity contribution < 1.29 is 9.90 Å². The van der Waals surface area contributed by atoms with Crippen molar-refractivity contribution in [2.24, 2.45) is 0 Å². The Morgan fingerprint density at radius 1 is 1.56 bits per heavy atom. The van der Waals surface area contributed by atoms with Crippen LogP contribution in [0.1, 0.15) is 25.0 Å². The maximum Gasteiger partial charge on any atom is 0.221 e. The normalized spacial score (nSPS) is 12.1. The molecule has 0 heterocycles. The van der Waals surface area contributed by atoms with E-state index in [1.807, 2.05) is 24.1 Å². The van der Waals surface area contributed by atoms with Crippen LogP contribution in [-0.2, 0) is 4.79 Å². The molecular formula is C13H19ClN2O2. The average Bonchev–Trinajstić information content (AvgIpc) is 2.35. The number of benzene rings is 1. The summed E-state index contributed by atoms with van der Waals surface area (Å²) in [5.74, 6) is -0.00132. The topological polar surface area (TPSA) is 52.6 Å². The first kappa shape index (κ1) is 14.8. The molecule has 0 aliphatic heterocycles. The fourth-order valence-corrected chi connectivity index (χ4v) is 1.94. The molecule has 1 rings (SSSR count). The molecule has 5 heteroatoms. The number of aliphatic hydroxyl groups excluding tert-OH is 1. The predicted octanol–water partition coefficient (Wildman–Crippen LogP) is 1.97. The lowest BCUT2D eigenvalue weighted by Crippen LogP contribution is -2.26. The Bertz CT molecular complexity index is 421. The Labute approximate surface area is 113 Å². The van der Waals surface area contributed by atoms with Crippen LogP contribution in [0.5, 0.6) is 0 Å². The highest BCUT2D eigenvalue weighted by atomic mass is 35.5. The van der Waals surface area contributed by atoms with Gasteiger partial charge < -0.3 is 15.3 Å². The van der Waals surface area contributed by atoms with E-state index in [-0.39, 0.29) is 5.91 Å². The molecule has 1 aromatic carbocycles. The minimum Gasteiger partial charge on any atom is -0.389 e. The highest BCUT2D eigenvalue weighted by molar-refractivity contribution is 6.33. The highest BCUT2D eigenvalue weighted by Crippen LogP contribution is 2.28. The molecule has 1 aromatic rings. The van der Waals surface area contributed by atoms with Crippen LogP contribution in [0, 0.1) is 0 Å². The van der Waals surface area contributed by atoms with Crippen molar-refractivity contribution in [2.45, 2.75) is 19.4 Å². The number of aliphatic hydroxyl groups is 1. The molecule has 0 bridgehead atoms. The standard InChI is InChI=1S/C13H19ClN2O2/c1-9(17)10-4-5-12(11(14)8-10)16(3)7-6-13(18)15-2/h4-5,8-9,17H,6-7H2,1-3H3,(H,15,18). The maximum absolute atomic E-state index is 11.2. The fourth-order valence-electron chi connectivity index (χ4n) is 1.61. The van der Waals surface area contributed by atoms with E-state index in [9.17, 15) is 9.90 Å². The Morgan fingerprint density at radius 2 is 2.22 bits per heavy atom. The highest BCUT2D eigenvalue weighted by Gasteiger charge is 2.10. The van der Waals surface area contributed by atoms with E-state index in [1.54, 1.807) is 20.0 Å². The number of carbonyl (C=O) groups is 1. The van der Waals surface area contributed by atoms with Crippen LogP contribution in [0.3, 0.4) is 0 Å². The maximum atomic E-state index is 11.2. The minimum atomic E-state index is -0.535. The summed E-state index contributed by atoms with van der Waals surface area (Å²) >= 11 is 6.16. The van der Waals surface area contributed by atoms with Gasteiger partial charge in [-0.25, -0.2) is 0 Å². The molecule has 0 radical (unpaired) electrons. The second-order valence-electron chi connectivity index (χ2n) is 4.23. The lowest BCUT2D eigenvalue weighted by Gasteiger charge is -2.21. The van der Waals surface area contributed by atoms with Crippen molar-refractivity contribution in [3.05, 3.63) is 28.8 Å². The smallest absolute Gasteiger partial charge is 0.221 e. The van der Waals surface area contributed by atoms with Crippen LogP contribution in [0.25, 0.3) is 0 Å². The van der Waals surface area contributed by atoms with Crippen molar-refractivity contribution in [1.29, 1.82) is 0 Å². The third-order valence-electron chi connectivity index (χ3n) is 2.82. The minimum absolute atomic E-state index is 0.00132. The molecule has 1 unspecified atom stereocenters. The summed E-state index contributed by atoms with van der Waals surface area (Å²) in [6.45, 7) is 2.29.